The average Bonchev–Trinajstić information content (AvgIpc) is 2.45. The van der Waals surface area contributed by atoms with Gasteiger partial charge in [-0.3, -0.25) is 0 Å². The van der Waals surface area contributed by atoms with Gasteiger partial charge in [0.15, 0.2) is 0 Å². The van der Waals surface area contributed by atoms with Gasteiger partial charge in [-0.2, -0.15) is 0 Å². The van der Waals surface area contributed by atoms with Crippen LogP contribution >= 0.6 is 0 Å². The quantitative estimate of drug-likeness (QED) is 0.552. The lowest BCUT2D eigenvalue weighted by Gasteiger charge is -1.98. The lowest BCUT2D eigenvalue weighted by atomic mass is 10.3. The zero-order valence-corrected chi connectivity index (χ0v) is 8.67. The predicted molar refractivity (Wildman–Crippen MR) is 56.6 cm³/mol. The fourth-order valence-electron chi connectivity index (χ4n) is 1.16. The summed E-state index contributed by atoms with van der Waals surface area (Å²) in [6.45, 7) is 6.14. The number of aryl methyl sites for hydroxylation is 1. The molecule has 0 fully saturated rings. The number of nitrogens with one attached hydrogen (secondary N) is 1. The zero-order valence-electron chi connectivity index (χ0n) is 8.67. The minimum absolute atomic E-state index is 0.949. The van der Waals surface area contributed by atoms with Gasteiger partial charge < -0.3 is 9.88 Å². The van der Waals surface area contributed by atoms with Crippen LogP contribution in [0.3, 0.4) is 0 Å². The van der Waals surface area contributed by atoms with Gasteiger partial charge in [-0.15, -0.1) is 0 Å². The summed E-state index contributed by atoms with van der Waals surface area (Å²) < 4.78 is 2.07. The fraction of sp³-hybridized carbons (Fsp3) is 0.455. The molecule has 0 aliphatic heterocycles. The molecule has 0 amide bonds. The van der Waals surface area contributed by atoms with Crippen LogP contribution in [0.25, 0.3) is 0 Å². The van der Waals surface area contributed by atoms with E-state index in [1.54, 1.807) is 0 Å². The second kappa shape index (κ2) is 4.87. The SMILES string of the molecule is CC(C)=CCNCc1ccn(C)c1. The van der Waals surface area contributed by atoms with Gasteiger partial charge in [0.1, 0.15) is 0 Å². The van der Waals surface area contributed by atoms with Crippen molar-refractivity contribution >= 4 is 0 Å². The molecule has 13 heavy (non-hydrogen) atoms. The summed E-state index contributed by atoms with van der Waals surface area (Å²) in [5.74, 6) is 0. The van der Waals surface area contributed by atoms with Crippen LogP contribution in [-0.4, -0.2) is 11.1 Å². The van der Waals surface area contributed by atoms with Crippen molar-refractivity contribution in [2.75, 3.05) is 6.54 Å². The van der Waals surface area contributed by atoms with Crippen LogP contribution in [0.15, 0.2) is 30.1 Å². The molecule has 0 bridgehead atoms. The Kier molecular flexibility index (Phi) is 3.77. The molecule has 1 heterocycles. The van der Waals surface area contributed by atoms with E-state index in [4.69, 9.17) is 0 Å². The minimum Gasteiger partial charge on any atom is -0.357 e. The van der Waals surface area contributed by atoms with Gasteiger partial charge in [-0.05, 0) is 25.5 Å². The largest absolute Gasteiger partial charge is 0.357 e. The highest BCUT2D eigenvalue weighted by Gasteiger charge is 1.91. The lowest BCUT2D eigenvalue weighted by molar-refractivity contribution is 0.754. The molecule has 0 aromatic carbocycles. The van der Waals surface area contributed by atoms with Crippen molar-refractivity contribution in [1.29, 1.82) is 0 Å². The smallest absolute Gasteiger partial charge is 0.0223 e. The van der Waals surface area contributed by atoms with Crippen LogP contribution in [0, 0.1) is 0 Å². The van der Waals surface area contributed by atoms with Crippen LogP contribution < -0.4 is 5.32 Å². The number of rotatable bonds is 4. The zero-order chi connectivity index (χ0) is 9.68. The summed E-state index contributed by atoms with van der Waals surface area (Å²) in [6, 6.07) is 2.13. The minimum atomic E-state index is 0.949. The third-order valence-corrected chi connectivity index (χ3v) is 1.88. The summed E-state index contributed by atoms with van der Waals surface area (Å²) in [7, 11) is 2.04. The Labute approximate surface area is 80.3 Å². The molecular formula is C11H18N2. The number of aromatic nitrogens is 1. The van der Waals surface area contributed by atoms with E-state index in [1.807, 2.05) is 7.05 Å². The normalized spacial score (nSPS) is 10.1. The van der Waals surface area contributed by atoms with Gasteiger partial charge in [0, 0.05) is 32.5 Å². The summed E-state index contributed by atoms with van der Waals surface area (Å²) in [5, 5.41) is 3.36. The topological polar surface area (TPSA) is 17.0 Å². The van der Waals surface area contributed by atoms with Gasteiger partial charge in [0.05, 0.1) is 0 Å². The van der Waals surface area contributed by atoms with E-state index in [2.05, 4.69) is 48.3 Å². The first-order chi connectivity index (χ1) is 6.18. The van der Waals surface area contributed by atoms with Crippen molar-refractivity contribution in [3.63, 3.8) is 0 Å². The highest BCUT2D eigenvalue weighted by Crippen LogP contribution is 1.98. The number of hydrogen-bond donors (Lipinski definition) is 1. The second-order valence-corrected chi connectivity index (χ2v) is 3.60. The average molecular weight is 178 g/mol. The molecule has 2 heteroatoms. The van der Waals surface area contributed by atoms with E-state index < -0.39 is 0 Å². The Balaban J connectivity index is 2.24. The van der Waals surface area contributed by atoms with Gasteiger partial charge in [0.25, 0.3) is 0 Å². The Morgan fingerprint density at radius 1 is 1.54 bits per heavy atom. The molecule has 0 atom stereocenters. The highest BCUT2D eigenvalue weighted by molar-refractivity contribution is 5.09. The lowest BCUT2D eigenvalue weighted by Crippen LogP contribution is -2.12. The Morgan fingerprint density at radius 2 is 2.31 bits per heavy atom. The first-order valence-corrected chi connectivity index (χ1v) is 4.63. The van der Waals surface area contributed by atoms with E-state index in [0.29, 0.717) is 0 Å². The van der Waals surface area contributed by atoms with E-state index in [-0.39, 0.29) is 0 Å². The van der Waals surface area contributed by atoms with Crippen LogP contribution in [0.2, 0.25) is 0 Å². The molecule has 0 saturated carbocycles. The van der Waals surface area contributed by atoms with Crippen LogP contribution in [0.1, 0.15) is 19.4 Å². The molecule has 0 spiro atoms. The molecule has 1 rings (SSSR count). The van der Waals surface area contributed by atoms with E-state index in [1.165, 1.54) is 11.1 Å². The maximum absolute atomic E-state index is 3.36. The number of nitrogens with zero attached hydrogens (tertiary/aromatic N) is 1. The fourth-order valence-corrected chi connectivity index (χ4v) is 1.16. The van der Waals surface area contributed by atoms with E-state index in [0.717, 1.165) is 13.1 Å². The summed E-state index contributed by atoms with van der Waals surface area (Å²) in [5.41, 5.74) is 2.70. The molecule has 1 aromatic rings. The number of hydrogen-bond acceptors (Lipinski definition) is 1. The highest BCUT2D eigenvalue weighted by atomic mass is 14.9. The molecule has 1 aromatic heterocycles. The van der Waals surface area contributed by atoms with Crippen molar-refractivity contribution in [2.45, 2.75) is 20.4 Å². The maximum Gasteiger partial charge on any atom is 0.0223 e. The second-order valence-electron chi connectivity index (χ2n) is 3.60. The predicted octanol–water partition coefficient (Wildman–Crippen LogP) is 2.08. The maximum atomic E-state index is 3.36. The molecule has 0 aliphatic carbocycles. The first kappa shape index (κ1) is 10.1. The summed E-state index contributed by atoms with van der Waals surface area (Å²) in [6.07, 6.45) is 6.40. The standard InChI is InChI=1S/C11H18N2/c1-10(2)4-6-12-8-11-5-7-13(3)9-11/h4-5,7,9,12H,6,8H2,1-3H3. The van der Waals surface area contributed by atoms with E-state index >= 15 is 0 Å². The van der Waals surface area contributed by atoms with Crippen molar-refractivity contribution in [2.24, 2.45) is 7.05 Å². The van der Waals surface area contributed by atoms with Crippen molar-refractivity contribution < 1.29 is 0 Å². The molecule has 1 N–H and O–H groups in total. The monoisotopic (exact) mass is 178 g/mol. The van der Waals surface area contributed by atoms with Crippen LogP contribution in [-0.2, 0) is 13.6 Å². The van der Waals surface area contributed by atoms with Gasteiger partial charge in [-0.1, -0.05) is 11.6 Å². The molecule has 0 radical (unpaired) electrons. The molecule has 0 saturated heterocycles. The Bertz CT molecular complexity index is 280. The van der Waals surface area contributed by atoms with Crippen LogP contribution in [0.4, 0.5) is 0 Å². The molecule has 0 unspecified atom stereocenters. The van der Waals surface area contributed by atoms with Gasteiger partial charge in [0.2, 0.25) is 0 Å². The number of allylic oxidation sites excluding steroid dienone is 1. The van der Waals surface area contributed by atoms with Crippen molar-refractivity contribution in [3.05, 3.63) is 35.7 Å². The summed E-state index contributed by atoms with van der Waals surface area (Å²) in [4.78, 5) is 0. The Morgan fingerprint density at radius 3 is 2.85 bits per heavy atom. The van der Waals surface area contributed by atoms with Crippen LogP contribution in [0.5, 0.6) is 0 Å². The molecular weight excluding hydrogens is 160 g/mol. The van der Waals surface area contributed by atoms with Gasteiger partial charge >= 0.3 is 0 Å². The molecule has 72 valence electrons. The van der Waals surface area contributed by atoms with Crippen molar-refractivity contribution in [3.8, 4) is 0 Å². The molecule has 2 nitrogen and oxygen atoms in total. The third-order valence-electron chi connectivity index (χ3n) is 1.88. The third kappa shape index (κ3) is 3.95. The molecule has 0 aliphatic rings. The van der Waals surface area contributed by atoms with Crippen molar-refractivity contribution in [1.82, 2.24) is 9.88 Å². The van der Waals surface area contributed by atoms with Gasteiger partial charge in [-0.25, -0.2) is 0 Å². The van der Waals surface area contributed by atoms with E-state index in [9.17, 15) is 0 Å². The first-order valence-electron chi connectivity index (χ1n) is 4.63. The Hall–Kier alpha value is -1.02. The summed E-state index contributed by atoms with van der Waals surface area (Å²) >= 11 is 0.